The van der Waals surface area contributed by atoms with E-state index in [1.807, 2.05) is 6.92 Å². The van der Waals surface area contributed by atoms with Crippen molar-refractivity contribution in [3.8, 4) is 0 Å². The van der Waals surface area contributed by atoms with Gasteiger partial charge in [0.1, 0.15) is 9.98 Å². The second-order valence-corrected chi connectivity index (χ2v) is 7.35. The van der Waals surface area contributed by atoms with E-state index in [4.69, 9.17) is 11.6 Å². The Kier molecular flexibility index (Phi) is 5.46. The van der Waals surface area contributed by atoms with Crippen LogP contribution in [-0.4, -0.2) is 40.6 Å². The van der Waals surface area contributed by atoms with E-state index in [9.17, 15) is 4.79 Å². The molecule has 2 aromatic heterocycles. The molecule has 0 fully saturated rings. The van der Waals surface area contributed by atoms with Crippen molar-refractivity contribution in [3.05, 3.63) is 15.6 Å². The normalized spacial score (nSPS) is 11.1. The van der Waals surface area contributed by atoms with Crippen LogP contribution < -0.4 is 0 Å². The third kappa shape index (κ3) is 3.49. The quantitative estimate of drug-likeness (QED) is 0.352. The first-order valence-electron chi connectivity index (χ1n) is 6.76. The third-order valence-corrected chi connectivity index (χ3v) is 5.44. The van der Waals surface area contributed by atoms with Crippen LogP contribution in [0.4, 0.5) is 0 Å². The zero-order valence-electron chi connectivity index (χ0n) is 12.6. The Morgan fingerprint density at radius 1 is 1.38 bits per heavy atom. The number of halogens is 1. The fourth-order valence-corrected chi connectivity index (χ4v) is 4.46. The van der Waals surface area contributed by atoms with E-state index >= 15 is 0 Å². The summed E-state index contributed by atoms with van der Waals surface area (Å²) in [7, 11) is 3.48. The SMILES string of the molecule is CCCCSc1nc(Cl)c2c(C)c(C(=O)N(C)C)sc2n1. The standard InChI is InChI=1S/C14H18ClN3OS2/c1-5-6-7-20-14-16-11(15)9-8(2)10(13(19)18(3)4)21-12(9)17-14/h5-7H2,1-4H3. The summed E-state index contributed by atoms with van der Waals surface area (Å²) < 4.78 is 0. The fourth-order valence-electron chi connectivity index (χ4n) is 1.85. The van der Waals surface area contributed by atoms with Crippen molar-refractivity contribution in [2.75, 3.05) is 19.8 Å². The molecule has 0 N–H and O–H groups in total. The Balaban J connectivity index is 2.43. The molecule has 0 aliphatic carbocycles. The van der Waals surface area contributed by atoms with Crippen molar-refractivity contribution in [2.24, 2.45) is 0 Å². The molecule has 0 spiro atoms. The summed E-state index contributed by atoms with van der Waals surface area (Å²) in [4.78, 5) is 24.1. The van der Waals surface area contributed by atoms with E-state index in [1.165, 1.54) is 11.3 Å². The van der Waals surface area contributed by atoms with Gasteiger partial charge in [0.2, 0.25) is 0 Å². The van der Waals surface area contributed by atoms with E-state index in [0.29, 0.717) is 15.2 Å². The Morgan fingerprint density at radius 3 is 2.71 bits per heavy atom. The average molecular weight is 344 g/mol. The number of thioether (sulfide) groups is 1. The first kappa shape index (κ1) is 16.5. The molecule has 2 aromatic rings. The van der Waals surface area contributed by atoms with Crippen LogP contribution in [0, 0.1) is 6.92 Å². The predicted molar refractivity (Wildman–Crippen MR) is 90.8 cm³/mol. The Bertz CT molecular complexity index is 670. The van der Waals surface area contributed by atoms with Crippen LogP contribution in [0.3, 0.4) is 0 Å². The molecule has 2 heterocycles. The summed E-state index contributed by atoms with van der Waals surface area (Å²) in [6.07, 6.45) is 2.26. The van der Waals surface area contributed by atoms with Crippen molar-refractivity contribution in [2.45, 2.75) is 31.8 Å². The first-order valence-corrected chi connectivity index (χ1v) is 8.94. The smallest absolute Gasteiger partial charge is 0.263 e. The lowest BCUT2D eigenvalue weighted by molar-refractivity contribution is 0.0831. The largest absolute Gasteiger partial charge is 0.344 e. The minimum absolute atomic E-state index is 0.0215. The van der Waals surface area contributed by atoms with Crippen molar-refractivity contribution >= 4 is 50.8 Å². The van der Waals surface area contributed by atoms with Crippen LogP contribution in [0.5, 0.6) is 0 Å². The lowest BCUT2D eigenvalue weighted by atomic mass is 10.2. The Labute approximate surface area is 137 Å². The summed E-state index contributed by atoms with van der Waals surface area (Å²) in [5.41, 5.74) is 0.865. The summed E-state index contributed by atoms with van der Waals surface area (Å²) >= 11 is 9.29. The highest BCUT2D eigenvalue weighted by molar-refractivity contribution is 7.99. The number of hydrogen-bond acceptors (Lipinski definition) is 5. The van der Waals surface area contributed by atoms with Gasteiger partial charge in [-0.3, -0.25) is 4.79 Å². The molecule has 0 radical (unpaired) electrons. The molecular formula is C14H18ClN3OS2. The maximum Gasteiger partial charge on any atom is 0.263 e. The van der Waals surface area contributed by atoms with Gasteiger partial charge in [0.05, 0.1) is 10.3 Å². The van der Waals surface area contributed by atoms with Gasteiger partial charge >= 0.3 is 0 Å². The van der Waals surface area contributed by atoms with Crippen LogP contribution in [0.15, 0.2) is 5.16 Å². The number of hydrogen-bond donors (Lipinski definition) is 0. The molecule has 4 nitrogen and oxygen atoms in total. The molecule has 0 saturated carbocycles. The maximum absolute atomic E-state index is 12.2. The molecule has 0 atom stereocenters. The highest BCUT2D eigenvalue weighted by Crippen LogP contribution is 2.35. The summed E-state index contributed by atoms with van der Waals surface area (Å²) in [5, 5.41) is 1.92. The summed E-state index contributed by atoms with van der Waals surface area (Å²) in [6, 6.07) is 0. The van der Waals surface area contributed by atoms with Crippen molar-refractivity contribution < 1.29 is 4.79 Å². The molecule has 1 amide bonds. The van der Waals surface area contributed by atoms with Crippen LogP contribution in [-0.2, 0) is 0 Å². The number of rotatable bonds is 5. The van der Waals surface area contributed by atoms with Gasteiger partial charge in [-0.25, -0.2) is 9.97 Å². The van der Waals surface area contributed by atoms with Crippen LogP contribution in [0.1, 0.15) is 35.0 Å². The van der Waals surface area contributed by atoms with Gasteiger partial charge in [-0.2, -0.15) is 0 Å². The van der Waals surface area contributed by atoms with Gasteiger partial charge in [-0.1, -0.05) is 36.7 Å². The highest BCUT2D eigenvalue weighted by Gasteiger charge is 2.20. The average Bonchev–Trinajstić information content (AvgIpc) is 2.75. The summed E-state index contributed by atoms with van der Waals surface area (Å²) in [6.45, 7) is 4.05. The summed E-state index contributed by atoms with van der Waals surface area (Å²) in [5.74, 6) is 0.957. The van der Waals surface area contributed by atoms with Crippen molar-refractivity contribution in [1.82, 2.24) is 14.9 Å². The number of fused-ring (bicyclic) bond motifs is 1. The highest BCUT2D eigenvalue weighted by atomic mass is 35.5. The van der Waals surface area contributed by atoms with Gasteiger partial charge in [0.25, 0.3) is 5.91 Å². The number of aromatic nitrogens is 2. The number of thiophene rings is 1. The maximum atomic E-state index is 12.2. The van der Waals surface area contributed by atoms with E-state index in [2.05, 4.69) is 16.9 Å². The molecule has 114 valence electrons. The van der Waals surface area contributed by atoms with E-state index < -0.39 is 0 Å². The van der Waals surface area contributed by atoms with Gasteiger partial charge < -0.3 is 4.90 Å². The monoisotopic (exact) mass is 343 g/mol. The second-order valence-electron chi connectivity index (χ2n) is 4.93. The third-order valence-electron chi connectivity index (χ3n) is 3.05. The number of carbonyl (C=O) groups is 1. The zero-order chi connectivity index (χ0) is 15.6. The van der Waals surface area contributed by atoms with Gasteiger partial charge in [-0.05, 0) is 18.9 Å². The predicted octanol–water partition coefficient (Wildman–Crippen LogP) is 4.25. The number of unbranched alkanes of at least 4 members (excludes halogenated alkanes) is 1. The number of carbonyl (C=O) groups excluding carboxylic acids is 1. The topological polar surface area (TPSA) is 46.1 Å². The molecule has 0 bridgehead atoms. The van der Waals surface area contributed by atoms with E-state index in [1.54, 1.807) is 30.8 Å². The van der Waals surface area contributed by atoms with Gasteiger partial charge in [0.15, 0.2) is 5.16 Å². The Morgan fingerprint density at radius 2 is 2.10 bits per heavy atom. The van der Waals surface area contributed by atoms with Crippen LogP contribution >= 0.6 is 34.7 Å². The molecule has 0 unspecified atom stereocenters. The number of aryl methyl sites for hydroxylation is 1. The molecule has 0 saturated heterocycles. The zero-order valence-corrected chi connectivity index (χ0v) is 15.0. The molecule has 0 aliphatic heterocycles. The lowest BCUT2D eigenvalue weighted by Crippen LogP contribution is -2.21. The van der Waals surface area contributed by atoms with Crippen LogP contribution in [0.25, 0.3) is 10.2 Å². The minimum atomic E-state index is -0.0215. The minimum Gasteiger partial charge on any atom is -0.344 e. The second kappa shape index (κ2) is 6.94. The molecule has 21 heavy (non-hydrogen) atoms. The molecule has 7 heteroatoms. The van der Waals surface area contributed by atoms with E-state index in [0.717, 1.165) is 34.4 Å². The first-order chi connectivity index (χ1) is 9.95. The molecule has 2 rings (SSSR count). The molecular weight excluding hydrogens is 326 g/mol. The lowest BCUT2D eigenvalue weighted by Gasteiger charge is -2.08. The van der Waals surface area contributed by atoms with Gasteiger partial charge in [0, 0.05) is 19.8 Å². The Hall–Kier alpha value is -0.850. The number of amides is 1. The van der Waals surface area contributed by atoms with Crippen molar-refractivity contribution in [3.63, 3.8) is 0 Å². The van der Waals surface area contributed by atoms with Gasteiger partial charge in [-0.15, -0.1) is 11.3 Å². The fraction of sp³-hybridized carbons (Fsp3) is 0.500. The molecule has 0 aromatic carbocycles. The number of nitrogens with zero attached hydrogens (tertiary/aromatic N) is 3. The van der Waals surface area contributed by atoms with Crippen LogP contribution in [0.2, 0.25) is 5.15 Å². The molecule has 0 aliphatic rings. The van der Waals surface area contributed by atoms with Crippen molar-refractivity contribution in [1.29, 1.82) is 0 Å². The van der Waals surface area contributed by atoms with E-state index in [-0.39, 0.29) is 5.91 Å².